The summed E-state index contributed by atoms with van der Waals surface area (Å²) in [6, 6.07) is 4.46. The maximum atomic E-state index is 12.4. The fraction of sp³-hybridized carbons (Fsp3) is 0.200. The van der Waals surface area contributed by atoms with Crippen molar-refractivity contribution in [2.75, 3.05) is 12.8 Å². The number of carbonyl (C=O) groups excluding carboxylic acids is 1. The van der Waals surface area contributed by atoms with E-state index < -0.39 is 18.4 Å². The first-order valence-corrected chi connectivity index (χ1v) is 8.46. The molecular formula is C15H12ClN3O4S. The summed E-state index contributed by atoms with van der Waals surface area (Å²) < 4.78 is 0. The highest BCUT2D eigenvalue weighted by molar-refractivity contribution is 7.98. The molecule has 24 heavy (non-hydrogen) atoms. The molecule has 1 aliphatic heterocycles. The third-order valence-corrected chi connectivity index (χ3v) is 4.40. The number of amides is 1. The van der Waals surface area contributed by atoms with E-state index in [1.165, 1.54) is 28.8 Å². The quantitative estimate of drug-likeness (QED) is 0.632. The lowest BCUT2D eigenvalue weighted by molar-refractivity contribution is -0.137. The lowest BCUT2D eigenvalue weighted by Crippen LogP contribution is -2.30. The number of hydrogen-bond donors (Lipinski definition) is 2. The zero-order valence-electron chi connectivity index (χ0n) is 12.5. The van der Waals surface area contributed by atoms with Gasteiger partial charge in [-0.15, -0.1) is 0 Å². The summed E-state index contributed by atoms with van der Waals surface area (Å²) in [5.74, 6) is -1.53. The molecule has 1 aliphatic rings. The van der Waals surface area contributed by atoms with E-state index in [0.717, 1.165) is 0 Å². The second-order valence-corrected chi connectivity index (χ2v) is 6.29. The number of aliphatic carboxylic acids is 1. The van der Waals surface area contributed by atoms with Crippen LogP contribution in [0.1, 0.15) is 16.1 Å². The van der Waals surface area contributed by atoms with Crippen molar-refractivity contribution in [3.05, 3.63) is 34.5 Å². The van der Waals surface area contributed by atoms with Crippen LogP contribution in [0.15, 0.2) is 23.4 Å². The molecule has 0 radical (unpaired) electrons. The number of benzene rings is 1. The third kappa shape index (κ3) is 2.90. The average molecular weight is 366 g/mol. The number of thioether (sulfide) groups is 1. The van der Waals surface area contributed by atoms with Crippen molar-refractivity contribution in [1.29, 1.82) is 0 Å². The summed E-state index contributed by atoms with van der Waals surface area (Å²) in [6.45, 7) is -0.311. The van der Waals surface area contributed by atoms with Crippen LogP contribution in [0.25, 0.3) is 11.3 Å². The van der Waals surface area contributed by atoms with E-state index in [-0.39, 0.29) is 23.0 Å². The van der Waals surface area contributed by atoms with E-state index in [0.29, 0.717) is 22.0 Å². The number of phenolic OH excluding ortho intramolecular Hbond substituents is 1. The predicted octanol–water partition coefficient (Wildman–Crippen LogP) is 2.26. The number of halogens is 1. The van der Waals surface area contributed by atoms with Crippen LogP contribution in [0.3, 0.4) is 0 Å². The minimum Gasteiger partial charge on any atom is -0.508 e. The first-order valence-electron chi connectivity index (χ1n) is 6.85. The van der Waals surface area contributed by atoms with Gasteiger partial charge >= 0.3 is 5.97 Å². The van der Waals surface area contributed by atoms with Gasteiger partial charge in [-0.1, -0.05) is 23.4 Å². The molecular weight excluding hydrogens is 354 g/mol. The normalized spacial score (nSPS) is 13.2. The van der Waals surface area contributed by atoms with Gasteiger partial charge in [0.1, 0.15) is 18.0 Å². The zero-order chi connectivity index (χ0) is 17.4. The van der Waals surface area contributed by atoms with Gasteiger partial charge in [0.2, 0.25) is 0 Å². The highest BCUT2D eigenvalue weighted by Gasteiger charge is 2.34. The van der Waals surface area contributed by atoms with E-state index in [4.69, 9.17) is 16.7 Å². The molecule has 0 unspecified atom stereocenters. The van der Waals surface area contributed by atoms with Gasteiger partial charge in [-0.3, -0.25) is 9.59 Å². The second-order valence-electron chi connectivity index (χ2n) is 5.11. The van der Waals surface area contributed by atoms with Crippen LogP contribution in [0.4, 0.5) is 0 Å². The Bertz CT molecular complexity index is 859. The summed E-state index contributed by atoms with van der Waals surface area (Å²) in [6.07, 6.45) is 1.78. The van der Waals surface area contributed by atoms with Crippen molar-refractivity contribution in [2.45, 2.75) is 11.7 Å². The van der Waals surface area contributed by atoms with Crippen LogP contribution in [0, 0.1) is 0 Å². The molecule has 2 aromatic rings. The predicted molar refractivity (Wildman–Crippen MR) is 88.3 cm³/mol. The van der Waals surface area contributed by atoms with Gasteiger partial charge in [0, 0.05) is 11.1 Å². The fourth-order valence-corrected chi connectivity index (χ4v) is 3.13. The summed E-state index contributed by atoms with van der Waals surface area (Å²) in [4.78, 5) is 33.2. The van der Waals surface area contributed by atoms with Crippen LogP contribution in [0.2, 0.25) is 5.02 Å². The van der Waals surface area contributed by atoms with Crippen molar-refractivity contribution in [3.8, 4) is 17.0 Å². The number of nitrogens with zero attached hydrogens (tertiary/aromatic N) is 3. The Balaban J connectivity index is 2.16. The molecule has 9 heteroatoms. The molecule has 0 bridgehead atoms. The molecule has 2 heterocycles. The highest BCUT2D eigenvalue weighted by Crippen LogP contribution is 2.36. The van der Waals surface area contributed by atoms with E-state index >= 15 is 0 Å². The SMILES string of the molecule is CSc1nc2c(c(-c3ccc(O)cc3Cl)n1)CN(CC(=O)O)C2=O. The molecule has 1 aromatic carbocycles. The van der Waals surface area contributed by atoms with Gasteiger partial charge in [-0.2, -0.15) is 0 Å². The third-order valence-electron chi connectivity index (χ3n) is 3.54. The fourth-order valence-electron chi connectivity index (χ4n) is 2.50. The first-order chi connectivity index (χ1) is 11.4. The Labute approximate surface area is 146 Å². The van der Waals surface area contributed by atoms with Crippen molar-refractivity contribution >= 4 is 35.2 Å². The molecule has 0 aliphatic carbocycles. The molecule has 0 spiro atoms. The molecule has 0 atom stereocenters. The van der Waals surface area contributed by atoms with E-state index in [1.54, 1.807) is 12.3 Å². The van der Waals surface area contributed by atoms with Crippen LogP contribution in [-0.2, 0) is 11.3 Å². The topological polar surface area (TPSA) is 104 Å². The smallest absolute Gasteiger partial charge is 0.323 e. The molecule has 124 valence electrons. The van der Waals surface area contributed by atoms with Crippen LogP contribution >= 0.6 is 23.4 Å². The Hall–Kier alpha value is -2.32. The molecule has 0 saturated heterocycles. The van der Waals surface area contributed by atoms with Gasteiger partial charge in [0.15, 0.2) is 5.16 Å². The van der Waals surface area contributed by atoms with Gasteiger partial charge in [0.05, 0.1) is 17.3 Å². The number of carboxylic acids is 1. The Morgan fingerprint density at radius 3 is 2.71 bits per heavy atom. The highest BCUT2D eigenvalue weighted by atomic mass is 35.5. The standard InChI is InChI=1S/C15H12ClN3O4S/c1-24-15-17-12(8-3-2-7(20)4-10(8)16)9-5-19(6-11(21)22)14(23)13(9)18-15/h2-4,20H,5-6H2,1H3,(H,21,22). The minimum atomic E-state index is -1.10. The maximum absolute atomic E-state index is 12.4. The van der Waals surface area contributed by atoms with Gasteiger partial charge in [-0.05, 0) is 24.5 Å². The number of hydrogen-bond acceptors (Lipinski definition) is 6. The summed E-state index contributed by atoms with van der Waals surface area (Å²) >= 11 is 7.47. The lowest BCUT2D eigenvalue weighted by Gasteiger charge is -2.12. The van der Waals surface area contributed by atoms with Crippen molar-refractivity contribution < 1.29 is 19.8 Å². The van der Waals surface area contributed by atoms with Crippen LogP contribution < -0.4 is 0 Å². The van der Waals surface area contributed by atoms with E-state index in [9.17, 15) is 14.7 Å². The summed E-state index contributed by atoms with van der Waals surface area (Å²) in [5.41, 5.74) is 1.74. The van der Waals surface area contributed by atoms with Gasteiger partial charge in [-0.25, -0.2) is 9.97 Å². The van der Waals surface area contributed by atoms with Crippen LogP contribution in [0.5, 0.6) is 5.75 Å². The molecule has 1 aromatic heterocycles. The molecule has 0 saturated carbocycles. The first kappa shape index (κ1) is 16.5. The largest absolute Gasteiger partial charge is 0.508 e. The number of aromatic hydroxyl groups is 1. The van der Waals surface area contributed by atoms with Crippen molar-refractivity contribution in [3.63, 3.8) is 0 Å². The second kappa shape index (κ2) is 6.29. The number of rotatable bonds is 4. The molecule has 1 amide bonds. The lowest BCUT2D eigenvalue weighted by atomic mass is 10.1. The Morgan fingerprint density at radius 1 is 1.38 bits per heavy atom. The minimum absolute atomic E-state index is 0.0168. The number of aromatic nitrogens is 2. The van der Waals surface area contributed by atoms with Gasteiger partial charge < -0.3 is 15.1 Å². The molecule has 2 N–H and O–H groups in total. The van der Waals surface area contributed by atoms with E-state index in [1.807, 2.05) is 0 Å². The van der Waals surface area contributed by atoms with Crippen molar-refractivity contribution in [1.82, 2.24) is 14.9 Å². The Kier molecular flexibility index (Phi) is 4.33. The summed E-state index contributed by atoms with van der Waals surface area (Å²) in [5, 5.41) is 19.1. The average Bonchev–Trinajstić information content (AvgIpc) is 2.82. The molecule has 0 fully saturated rings. The number of carboxylic acid groups (broad SMARTS) is 1. The summed E-state index contributed by atoms with van der Waals surface area (Å²) in [7, 11) is 0. The number of carbonyl (C=O) groups is 2. The Morgan fingerprint density at radius 2 is 2.08 bits per heavy atom. The zero-order valence-corrected chi connectivity index (χ0v) is 14.1. The maximum Gasteiger partial charge on any atom is 0.323 e. The molecule has 7 nitrogen and oxygen atoms in total. The monoisotopic (exact) mass is 365 g/mol. The van der Waals surface area contributed by atoms with E-state index in [2.05, 4.69) is 9.97 Å². The van der Waals surface area contributed by atoms with Gasteiger partial charge in [0.25, 0.3) is 5.91 Å². The van der Waals surface area contributed by atoms with Crippen molar-refractivity contribution in [2.24, 2.45) is 0 Å². The van der Waals surface area contributed by atoms with Crippen LogP contribution in [-0.4, -0.2) is 49.8 Å². The number of phenols is 1. The number of fused-ring (bicyclic) bond motifs is 1. The molecule has 3 rings (SSSR count).